The number of aliphatic imine (C=N–C) groups is 1. The third-order valence-corrected chi connectivity index (χ3v) is 5.38. The minimum absolute atomic E-state index is 0.0853. The van der Waals surface area contributed by atoms with E-state index in [9.17, 15) is 9.59 Å². The average Bonchev–Trinajstić information content (AvgIpc) is 3.24. The fraction of sp³-hybridized carbons (Fsp3) is 0.160. The molecular formula is C25H21N3O4. The monoisotopic (exact) mass is 427 g/mol. The summed E-state index contributed by atoms with van der Waals surface area (Å²) in [5.74, 6) is 0.935. The summed E-state index contributed by atoms with van der Waals surface area (Å²) in [4.78, 5) is 32.1. The van der Waals surface area contributed by atoms with Crippen LogP contribution in [0.15, 0.2) is 77.8 Å². The van der Waals surface area contributed by atoms with Crippen LogP contribution >= 0.6 is 0 Å². The third kappa shape index (κ3) is 4.05. The molecular weight excluding hydrogens is 406 g/mol. The number of nitrogens with zero attached hydrogens (tertiary/aromatic N) is 2. The maximum Gasteiger partial charge on any atom is 0.240 e. The van der Waals surface area contributed by atoms with E-state index in [4.69, 9.17) is 14.5 Å². The lowest BCUT2D eigenvalue weighted by molar-refractivity contribution is -0.123. The Morgan fingerprint density at radius 3 is 2.62 bits per heavy atom. The molecule has 2 aliphatic rings. The van der Waals surface area contributed by atoms with Crippen molar-refractivity contribution in [3.05, 3.63) is 83.9 Å². The fourth-order valence-electron chi connectivity index (χ4n) is 3.77. The Balaban J connectivity index is 1.32. The Morgan fingerprint density at radius 1 is 0.969 bits per heavy atom. The number of rotatable bonds is 5. The second-order valence-corrected chi connectivity index (χ2v) is 7.53. The van der Waals surface area contributed by atoms with E-state index in [1.165, 1.54) is 4.90 Å². The van der Waals surface area contributed by atoms with Crippen LogP contribution in [-0.2, 0) is 16.1 Å². The highest BCUT2D eigenvalue weighted by Gasteiger charge is 2.26. The van der Waals surface area contributed by atoms with E-state index in [1.807, 2.05) is 72.8 Å². The van der Waals surface area contributed by atoms with E-state index >= 15 is 0 Å². The van der Waals surface area contributed by atoms with Gasteiger partial charge in [0.1, 0.15) is 6.54 Å². The topological polar surface area (TPSA) is 80.2 Å². The largest absolute Gasteiger partial charge is 0.454 e. The normalized spacial score (nSPS) is 14.4. The molecule has 0 bridgehead atoms. The molecule has 160 valence electrons. The molecule has 2 amide bonds. The molecule has 7 nitrogen and oxygen atoms in total. The number of carbonyl (C=O) groups excluding carboxylic acids is 2. The number of fused-ring (bicyclic) bond motifs is 2. The van der Waals surface area contributed by atoms with Crippen molar-refractivity contribution < 1.29 is 19.1 Å². The first-order valence-electron chi connectivity index (χ1n) is 10.3. The van der Waals surface area contributed by atoms with Crippen molar-refractivity contribution in [2.75, 3.05) is 18.2 Å². The molecule has 0 aromatic heterocycles. The summed E-state index contributed by atoms with van der Waals surface area (Å²) in [6.45, 7) is 0.442. The van der Waals surface area contributed by atoms with E-state index in [1.54, 1.807) is 0 Å². The fourth-order valence-corrected chi connectivity index (χ4v) is 3.77. The van der Waals surface area contributed by atoms with Gasteiger partial charge in [0.2, 0.25) is 18.6 Å². The number of nitrogens with one attached hydrogen (secondary N) is 1. The zero-order valence-electron chi connectivity index (χ0n) is 17.3. The Morgan fingerprint density at radius 2 is 1.75 bits per heavy atom. The van der Waals surface area contributed by atoms with Crippen molar-refractivity contribution in [2.24, 2.45) is 4.99 Å². The highest BCUT2D eigenvalue weighted by atomic mass is 16.7. The summed E-state index contributed by atoms with van der Waals surface area (Å²) in [5.41, 5.74) is 3.76. The Bertz CT molecular complexity index is 1210. The zero-order valence-corrected chi connectivity index (χ0v) is 17.3. The van der Waals surface area contributed by atoms with Gasteiger partial charge in [0.05, 0.1) is 23.5 Å². The molecule has 2 heterocycles. The molecule has 3 aromatic rings. The summed E-state index contributed by atoms with van der Waals surface area (Å²) in [5, 5.41) is 2.89. The molecule has 3 aromatic carbocycles. The second-order valence-electron chi connectivity index (χ2n) is 7.53. The quantitative estimate of drug-likeness (QED) is 0.675. The van der Waals surface area contributed by atoms with Crippen molar-refractivity contribution in [3.63, 3.8) is 0 Å². The number of hydrogen-bond acceptors (Lipinski definition) is 5. The Kier molecular flexibility index (Phi) is 5.29. The van der Waals surface area contributed by atoms with Crippen LogP contribution in [0.1, 0.15) is 17.5 Å². The highest BCUT2D eigenvalue weighted by Crippen LogP contribution is 2.33. The van der Waals surface area contributed by atoms with Gasteiger partial charge in [-0.1, -0.05) is 48.5 Å². The van der Waals surface area contributed by atoms with Gasteiger partial charge in [-0.3, -0.25) is 14.6 Å². The number of para-hydroxylation sites is 2. The molecule has 0 spiro atoms. The molecule has 0 aliphatic carbocycles. The third-order valence-electron chi connectivity index (χ3n) is 5.38. The summed E-state index contributed by atoms with van der Waals surface area (Å²) < 4.78 is 10.7. The first kappa shape index (κ1) is 19.8. The molecule has 0 unspecified atom stereocenters. The SMILES string of the molecule is O=C(CN1C(=O)CC(c2ccccc2)=Nc2ccccc21)NCc1ccc2c(c1)OCO2. The van der Waals surface area contributed by atoms with Crippen molar-refractivity contribution >= 4 is 28.9 Å². The molecule has 0 radical (unpaired) electrons. The molecule has 7 heteroatoms. The lowest BCUT2D eigenvalue weighted by atomic mass is 10.1. The van der Waals surface area contributed by atoms with Gasteiger partial charge in [0.15, 0.2) is 11.5 Å². The van der Waals surface area contributed by atoms with E-state index in [2.05, 4.69) is 5.32 Å². The van der Waals surface area contributed by atoms with E-state index in [-0.39, 0.29) is 31.6 Å². The van der Waals surface area contributed by atoms with Gasteiger partial charge in [0.25, 0.3) is 0 Å². The maximum absolute atomic E-state index is 13.1. The van der Waals surface area contributed by atoms with E-state index in [0.717, 1.165) is 11.1 Å². The molecule has 5 rings (SSSR count). The first-order valence-corrected chi connectivity index (χ1v) is 10.3. The number of benzene rings is 3. The van der Waals surface area contributed by atoms with Gasteiger partial charge in [-0.25, -0.2) is 0 Å². The molecule has 0 saturated carbocycles. The van der Waals surface area contributed by atoms with Crippen LogP contribution in [0, 0.1) is 0 Å². The number of carbonyl (C=O) groups is 2. The summed E-state index contributed by atoms with van der Waals surface area (Å²) in [6, 6.07) is 22.5. The molecule has 32 heavy (non-hydrogen) atoms. The average molecular weight is 427 g/mol. The highest BCUT2D eigenvalue weighted by molar-refractivity contribution is 6.18. The van der Waals surface area contributed by atoms with Crippen LogP contribution in [0.25, 0.3) is 0 Å². The molecule has 1 N–H and O–H groups in total. The van der Waals surface area contributed by atoms with Gasteiger partial charge in [-0.15, -0.1) is 0 Å². The maximum atomic E-state index is 13.1. The van der Waals surface area contributed by atoms with Crippen LogP contribution in [0.5, 0.6) is 11.5 Å². The van der Waals surface area contributed by atoms with Crippen molar-refractivity contribution in [1.82, 2.24) is 5.32 Å². The van der Waals surface area contributed by atoms with Crippen LogP contribution in [0.2, 0.25) is 0 Å². The predicted octanol–water partition coefficient (Wildman–Crippen LogP) is 3.59. The summed E-state index contributed by atoms with van der Waals surface area (Å²) >= 11 is 0. The predicted molar refractivity (Wildman–Crippen MR) is 120 cm³/mol. The van der Waals surface area contributed by atoms with Crippen LogP contribution < -0.4 is 19.7 Å². The van der Waals surface area contributed by atoms with Crippen molar-refractivity contribution in [1.29, 1.82) is 0 Å². The number of ether oxygens (including phenoxy) is 2. The van der Waals surface area contributed by atoms with Gasteiger partial charge in [0, 0.05) is 6.54 Å². The van der Waals surface area contributed by atoms with Crippen LogP contribution in [-0.4, -0.2) is 30.9 Å². The van der Waals surface area contributed by atoms with E-state index in [0.29, 0.717) is 35.1 Å². The van der Waals surface area contributed by atoms with Gasteiger partial charge < -0.3 is 19.7 Å². The number of amides is 2. The minimum atomic E-state index is -0.256. The Labute approximate surface area is 185 Å². The second kappa shape index (κ2) is 8.55. The van der Waals surface area contributed by atoms with Crippen molar-refractivity contribution in [3.8, 4) is 11.5 Å². The van der Waals surface area contributed by atoms with E-state index < -0.39 is 0 Å². The molecule has 2 aliphatic heterocycles. The smallest absolute Gasteiger partial charge is 0.240 e. The van der Waals surface area contributed by atoms with Crippen LogP contribution in [0.4, 0.5) is 11.4 Å². The van der Waals surface area contributed by atoms with Crippen LogP contribution in [0.3, 0.4) is 0 Å². The lowest BCUT2D eigenvalue weighted by Gasteiger charge is -2.22. The minimum Gasteiger partial charge on any atom is -0.454 e. The first-order chi connectivity index (χ1) is 15.7. The zero-order chi connectivity index (χ0) is 21.9. The summed E-state index contributed by atoms with van der Waals surface area (Å²) in [7, 11) is 0. The van der Waals surface area contributed by atoms with Gasteiger partial charge in [-0.05, 0) is 35.4 Å². The molecule has 0 fully saturated rings. The number of anilines is 1. The Hall–Kier alpha value is -4.13. The lowest BCUT2D eigenvalue weighted by Crippen LogP contribution is -2.41. The molecule has 0 saturated heterocycles. The number of hydrogen-bond donors (Lipinski definition) is 1. The van der Waals surface area contributed by atoms with Crippen molar-refractivity contribution in [2.45, 2.75) is 13.0 Å². The standard InChI is InChI=1S/C25H21N3O4/c29-24(26-14-17-10-11-22-23(12-17)32-16-31-22)15-28-21-9-5-4-8-19(21)27-20(13-25(28)30)18-6-2-1-3-7-18/h1-12H,13-16H2,(H,26,29). The summed E-state index contributed by atoms with van der Waals surface area (Å²) in [6.07, 6.45) is 0.119. The van der Waals surface area contributed by atoms with Gasteiger partial charge >= 0.3 is 0 Å². The molecule has 0 atom stereocenters. The van der Waals surface area contributed by atoms with Gasteiger partial charge in [-0.2, -0.15) is 0 Å².